The maximum Gasteiger partial charge on any atom is 0.306 e. The minimum Gasteiger partial charge on any atom is -0.469 e. The first kappa shape index (κ1) is 15.3. The Labute approximate surface area is 96.0 Å². The normalized spacial score (nSPS) is 15.5. The maximum atomic E-state index is 11.5. The summed E-state index contributed by atoms with van der Waals surface area (Å²) >= 11 is 0. The van der Waals surface area contributed by atoms with Crippen LogP contribution < -0.4 is 4.72 Å². The summed E-state index contributed by atoms with van der Waals surface area (Å²) in [5, 5.41) is 8.85. The third-order valence-electron chi connectivity index (χ3n) is 2.31. The fourth-order valence-electron chi connectivity index (χ4n) is 0.936. The monoisotopic (exact) mass is 253 g/mol. The van der Waals surface area contributed by atoms with Gasteiger partial charge in [0.15, 0.2) is 0 Å². The van der Waals surface area contributed by atoms with E-state index in [0.29, 0.717) is 0 Å². The van der Waals surface area contributed by atoms with Crippen LogP contribution in [0, 0.1) is 5.92 Å². The molecule has 2 N–H and O–H groups in total. The number of sulfonamides is 1. The summed E-state index contributed by atoms with van der Waals surface area (Å²) < 4.78 is 29.7. The van der Waals surface area contributed by atoms with E-state index in [1.807, 2.05) is 0 Å². The van der Waals surface area contributed by atoms with E-state index in [1.165, 1.54) is 7.11 Å². The molecular formula is C9H19NO5S. The molecule has 2 atom stereocenters. The van der Waals surface area contributed by atoms with E-state index >= 15 is 0 Å². The first-order valence-electron chi connectivity index (χ1n) is 5.00. The molecule has 0 aromatic heterocycles. The van der Waals surface area contributed by atoms with Crippen LogP contribution >= 0.6 is 0 Å². The number of ether oxygens (including phenoxy) is 1. The SMILES string of the molecule is COC(=O)CCS(=O)(=O)NC(C)C(C)CO. The highest BCUT2D eigenvalue weighted by Gasteiger charge is 2.19. The number of methoxy groups -OCH3 is 1. The lowest BCUT2D eigenvalue weighted by Crippen LogP contribution is -2.39. The van der Waals surface area contributed by atoms with Gasteiger partial charge in [0.2, 0.25) is 10.0 Å². The van der Waals surface area contributed by atoms with E-state index < -0.39 is 16.0 Å². The first-order chi connectivity index (χ1) is 7.32. The molecule has 2 unspecified atom stereocenters. The van der Waals surface area contributed by atoms with Crippen molar-refractivity contribution in [1.29, 1.82) is 0 Å². The van der Waals surface area contributed by atoms with Crippen LogP contribution in [0.1, 0.15) is 20.3 Å². The Hall–Kier alpha value is -0.660. The van der Waals surface area contributed by atoms with Crippen LogP contribution in [0.3, 0.4) is 0 Å². The van der Waals surface area contributed by atoms with E-state index in [0.717, 1.165) is 0 Å². The molecule has 0 rings (SSSR count). The number of hydrogen-bond acceptors (Lipinski definition) is 5. The minimum absolute atomic E-state index is 0.0965. The molecule has 0 aliphatic heterocycles. The van der Waals surface area contributed by atoms with Crippen molar-refractivity contribution < 1.29 is 23.1 Å². The molecule has 0 aliphatic carbocycles. The number of nitrogens with one attached hydrogen (secondary N) is 1. The zero-order chi connectivity index (χ0) is 12.8. The second-order valence-electron chi connectivity index (χ2n) is 3.71. The molecule has 7 heteroatoms. The Bertz CT molecular complexity index is 314. The van der Waals surface area contributed by atoms with Crippen LogP contribution in [-0.2, 0) is 19.6 Å². The van der Waals surface area contributed by atoms with Crippen LogP contribution in [0.25, 0.3) is 0 Å². The number of aliphatic hydroxyl groups excluding tert-OH is 1. The van der Waals surface area contributed by atoms with Gasteiger partial charge in [0.1, 0.15) is 0 Å². The third-order valence-corrected chi connectivity index (χ3v) is 3.78. The predicted octanol–water partition coefficient (Wildman–Crippen LogP) is -0.514. The van der Waals surface area contributed by atoms with E-state index in [9.17, 15) is 13.2 Å². The predicted molar refractivity (Wildman–Crippen MR) is 59.3 cm³/mol. The van der Waals surface area contributed by atoms with Crippen molar-refractivity contribution in [3.63, 3.8) is 0 Å². The highest BCUT2D eigenvalue weighted by atomic mass is 32.2. The molecule has 0 spiro atoms. The summed E-state index contributed by atoms with van der Waals surface area (Å²) in [5.74, 6) is -1.04. The molecule has 0 fully saturated rings. The number of aliphatic hydroxyl groups is 1. The van der Waals surface area contributed by atoms with E-state index in [4.69, 9.17) is 5.11 Å². The molecule has 0 aromatic rings. The number of hydrogen-bond donors (Lipinski definition) is 2. The molecule has 16 heavy (non-hydrogen) atoms. The summed E-state index contributed by atoms with van der Waals surface area (Å²) in [4.78, 5) is 10.8. The summed E-state index contributed by atoms with van der Waals surface area (Å²) in [5.41, 5.74) is 0. The number of esters is 1. The minimum atomic E-state index is -3.50. The Morgan fingerprint density at radius 1 is 1.44 bits per heavy atom. The molecule has 0 saturated heterocycles. The molecule has 0 aliphatic rings. The lowest BCUT2D eigenvalue weighted by atomic mass is 10.1. The smallest absolute Gasteiger partial charge is 0.306 e. The van der Waals surface area contributed by atoms with Gasteiger partial charge in [0, 0.05) is 12.6 Å². The second kappa shape index (κ2) is 6.82. The lowest BCUT2D eigenvalue weighted by Gasteiger charge is -2.18. The van der Waals surface area contributed by atoms with Gasteiger partial charge in [-0.25, -0.2) is 13.1 Å². The van der Waals surface area contributed by atoms with Gasteiger partial charge < -0.3 is 9.84 Å². The van der Waals surface area contributed by atoms with Crippen molar-refractivity contribution in [1.82, 2.24) is 4.72 Å². The number of rotatable bonds is 7. The van der Waals surface area contributed by atoms with Gasteiger partial charge in [-0.1, -0.05) is 6.92 Å². The largest absolute Gasteiger partial charge is 0.469 e. The maximum absolute atomic E-state index is 11.5. The topological polar surface area (TPSA) is 92.7 Å². The molecule has 0 amide bonds. The van der Waals surface area contributed by atoms with Crippen LogP contribution in [-0.4, -0.2) is 45.0 Å². The van der Waals surface area contributed by atoms with E-state index in [1.54, 1.807) is 13.8 Å². The highest BCUT2D eigenvalue weighted by Crippen LogP contribution is 2.03. The number of carbonyl (C=O) groups excluding carboxylic acids is 1. The lowest BCUT2D eigenvalue weighted by molar-refractivity contribution is -0.140. The number of carbonyl (C=O) groups is 1. The molecule has 0 heterocycles. The summed E-state index contributed by atoms with van der Waals surface area (Å²) in [6.07, 6.45) is -0.175. The van der Waals surface area contributed by atoms with Gasteiger partial charge in [-0.05, 0) is 12.8 Å². The second-order valence-corrected chi connectivity index (χ2v) is 5.58. The molecule has 0 radical (unpaired) electrons. The fraction of sp³-hybridized carbons (Fsp3) is 0.889. The zero-order valence-corrected chi connectivity index (χ0v) is 10.6. The van der Waals surface area contributed by atoms with Gasteiger partial charge in [0.25, 0.3) is 0 Å². The summed E-state index contributed by atoms with van der Waals surface area (Å²) in [7, 11) is -2.30. The van der Waals surface area contributed by atoms with Crippen molar-refractivity contribution >= 4 is 16.0 Å². The molecule has 0 saturated carbocycles. The van der Waals surface area contributed by atoms with Crippen LogP contribution in [0.15, 0.2) is 0 Å². The van der Waals surface area contributed by atoms with Crippen molar-refractivity contribution in [2.75, 3.05) is 19.5 Å². The standard InChI is InChI=1S/C9H19NO5S/c1-7(6-11)8(2)10-16(13,14)5-4-9(12)15-3/h7-8,10-11H,4-6H2,1-3H3. The van der Waals surface area contributed by atoms with Gasteiger partial charge in [-0.15, -0.1) is 0 Å². The van der Waals surface area contributed by atoms with Crippen molar-refractivity contribution in [3.05, 3.63) is 0 Å². The summed E-state index contributed by atoms with van der Waals surface area (Å²) in [6, 6.07) is -0.368. The average Bonchev–Trinajstić information content (AvgIpc) is 2.24. The third kappa shape index (κ3) is 6.04. The summed E-state index contributed by atoms with van der Waals surface area (Å²) in [6.45, 7) is 3.30. The highest BCUT2D eigenvalue weighted by molar-refractivity contribution is 7.89. The van der Waals surface area contributed by atoms with Crippen LogP contribution in [0.2, 0.25) is 0 Å². The van der Waals surface area contributed by atoms with Gasteiger partial charge in [-0.3, -0.25) is 4.79 Å². The van der Waals surface area contributed by atoms with Crippen LogP contribution in [0.5, 0.6) is 0 Å². The van der Waals surface area contributed by atoms with Crippen molar-refractivity contribution in [3.8, 4) is 0 Å². The molecule has 0 aromatic carbocycles. The molecule has 96 valence electrons. The quantitative estimate of drug-likeness (QED) is 0.596. The Balaban J connectivity index is 4.20. The average molecular weight is 253 g/mol. The van der Waals surface area contributed by atoms with E-state index in [2.05, 4.69) is 9.46 Å². The Morgan fingerprint density at radius 2 is 2.00 bits per heavy atom. The molecular weight excluding hydrogens is 234 g/mol. The van der Waals surface area contributed by atoms with E-state index in [-0.39, 0.29) is 30.7 Å². The Morgan fingerprint density at radius 3 is 2.44 bits per heavy atom. The molecule has 0 bridgehead atoms. The van der Waals surface area contributed by atoms with Crippen LogP contribution in [0.4, 0.5) is 0 Å². The molecule has 6 nitrogen and oxygen atoms in total. The van der Waals surface area contributed by atoms with Gasteiger partial charge >= 0.3 is 5.97 Å². The fourth-order valence-corrected chi connectivity index (χ4v) is 2.29. The Kier molecular flexibility index (Phi) is 6.54. The first-order valence-corrected chi connectivity index (χ1v) is 6.65. The van der Waals surface area contributed by atoms with Gasteiger partial charge in [-0.2, -0.15) is 0 Å². The van der Waals surface area contributed by atoms with Gasteiger partial charge in [0.05, 0.1) is 19.3 Å². The zero-order valence-electron chi connectivity index (χ0n) is 9.76. The van der Waals surface area contributed by atoms with Crippen molar-refractivity contribution in [2.24, 2.45) is 5.92 Å². The van der Waals surface area contributed by atoms with Crippen molar-refractivity contribution in [2.45, 2.75) is 26.3 Å².